The third kappa shape index (κ3) is 5.59. The van der Waals surface area contributed by atoms with Crippen LogP contribution in [0.4, 0.5) is 0 Å². The molecule has 64 valence electrons. The van der Waals surface area contributed by atoms with Gasteiger partial charge < -0.3 is 0 Å². The van der Waals surface area contributed by atoms with Crippen molar-refractivity contribution in [1.82, 2.24) is 4.67 Å². The third-order valence-electron chi connectivity index (χ3n) is 1.40. The molecule has 0 saturated heterocycles. The van der Waals surface area contributed by atoms with Crippen LogP contribution in [0.3, 0.4) is 0 Å². The average molecular weight is 211 g/mol. The molecule has 3 heteroatoms. The molecule has 0 rings (SSSR count). The molecular formula is C8H14FeNP. The molecule has 0 aromatic heterocycles. The maximum absolute atomic E-state index is 5.15. The molecule has 0 atom stereocenters. The number of hydrogen-bond donors (Lipinski definition) is 0. The van der Waals surface area contributed by atoms with Gasteiger partial charge >= 0.3 is 78.4 Å². The summed E-state index contributed by atoms with van der Waals surface area (Å²) in [5, 5.41) is 0. The van der Waals surface area contributed by atoms with Crippen LogP contribution in [0.1, 0.15) is 26.7 Å². The third-order valence-corrected chi connectivity index (χ3v) is 3.09. The van der Waals surface area contributed by atoms with Crippen LogP contribution >= 0.6 is 6.98 Å². The molecule has 11 heavy (non-hydrogen) atoms. The van der Waals surface area contributed by atoms with Gasteiger partial charge in [-0.25, -0.2) is 0 Å². The molecule has 0 aliphatic rings. The van der Waals surface area contributed by atoms with Gasteiger partial charge in [0.05, 0.1) is 0 Å². The van der Waals surface area contributed by atoms with Gasteiger partial charge in [-0.3, -0.25) is 0 Å². The fourth-order valence-electron chi connectivity index (χ4n) is 0.718. The monoisotopic (exact) mass is 211 g/mol. The summed E-state index contributed by atoms with van der Waals surface area (Å²) in [4.78, 5) is 0. The van der Waals surface area contributed by atoms with E-state index in [1.165, 1.54) is 0 Å². The first-order chi connectivity index (χ1) is 5.22. The van der Waals surface area contributed by atoms with Crippen LogP contribution in [-0.4, -0.2) is 17.3 Å². The van der Waals surface area contributed by atoms with E-state index in [2.05, 4.69) is 39.5 Å². The summed E-state index contributed by atoms with van der Waals surface area (Å²) in [7, 11) is 0. The van der Waals surface area contributed by atoms with Crippen LogP contribution in [0.5, 0.6) is 0 Å². The Morgan fingerprint density at radius 3 is 2.64 bits per heavy atom. The molecule has 0 aliphatic carbocycles. The Balaban J connectivity index is 3.54. The second kappa shape index (κ2) is 7.01. The summed E-state index contributed by atoms with van der Waals surface area (Å²) in [6.45, 7) is 6.51. The van der Waals surface area contributed by atoms with Gasteiger partial charge in [-0.2, -0.15) is 0 Å². The topological polar surface area (TPSA) is 3.24 Å². The van der Waals surface area contributed by atoms with E-state index in [1.54, 1.807) is 0 Å². The first-order valence-electron chi connectivity index (χ1n) is 3.73. The Kier molecular flexibility index (Phi) is 7.23. The van der Waals surface area contributed by atoms with Gasteiger partial charge in [0.25, 0.3) is 0 Å². The molecule has 0 N–H and O–H groups in total. The number of hydrogen-bond acceptors (Lipinski definition) is 1. The molecule has 0 fully saturated rings. The number of terminal acetylenes is 1. The molecule has 1 nitrogen and oxygen atoms in total. The van der Waals surface area contributed by atoms with Crippen LogP contribution < -0.4 is 0 Å². The van der Waals surface area contributed by atoms with Crippen molar-refractivity contribution in [1.29, 1.82) is 0 Å². The average Bonchev–Trinajstić information content (AvgIpc) is 1.97. The summed E-state index contributed by atoms with van der Waals surface area (Å²) < 4.78 is 2.29. The van der Waals surface area contributed by atoms with Gasteiger partial charge in [0.15, 0.2) is 0 Å². The summed E-state index contributed by atoms with van der Waals surface area (Å²) >= 11 is 3.83. The number of nitrogens with zero attached hydrogens (tertiary/aromatic N) is 1. The zero-order valence-corrected chi connectivity index (χ0v) is 9.02. The molecule has 0 spiro atoms. The van der Waals surface area contributed by atoms with Gasteiger partial charge in [-0.05, 0) is 0 Å². The molecule has 0 amide bonds. The second-order valence-electron chi connectivity index (χ2n) is 2.64. The van der Waals surface area contributed by atoms with E-state index in [9.17, 15) is 0 Å². The van der Waals surface area contributed by atoms with Crippen molar-refractivity contribution in [2.24, 2.45) is 0 Å². The zero-order valence-electron chi connectivity index (χ0n) is 7.02. The van der Waals surface area contributed by atoms with Crippen molar-refractivity contribution in [2.45, 2.75) is 32.7 Å². The van der Waals surface area contributed by atoms with Crippen LogP contribution in [0, 0.1) is 12.3 Å². The van der Waals surface area contributed by atoms with E-state index >= 15 is 0 Å². The van der Waals surface area contributed by atoms with E-state index in [1.807, 2.05) is 0 Å². The molecule has 0 saturated carbocycles. The van der Waals surface area contributed by atoms with Gasteiger partial charge in [-0.15, -0.1) is 0 Å². The molecule has 0 unspecified atom stereocenters. The maximum atomic E-state index is 5.15. The first kappa shape index (κ1) is 11.3. The van der Waals surface area contributed by atoms with Crippen molar-refractivity contribution in [3.63, 3.8) is 0 Å². The van der Waals surface area contributed by atoms with Crippen molar-refractivity contribution in [3.8, 4) is 12.3 Å². The Hall–Kier alpha value is 0.339. The summed E-state index contributed by atoms with van der Waals surface area (Å²) in [5.41, 5.74) is 0. The Bertz CT molecular complexity index is 151. The second-order valence-corrected chi connectivity index (χ2v) is 3.95. The standard InChI is InChI=1S/C8H14NP.Fe/c1-4-5-6-7-9(10)8(2)3;/h1,8H,5-7H2,2-3H3;. The summed E-state index contributed by atoms with van der Waals surface area (Å²) in [5.74, 6) is 2.64. The Morgan fingerprint density at radius 1 is 1.64 bits per heavy atom. The molecule has 0 heterocycles. The minimum atomic E-state index is 0.576. The zero-order chi connectivity index (χ0) is 8.69. The van der Waals surface area contributed by atoms with Crippen LogP contribution in [-0.2, 0) is 15.1 Å². The number of unbranched alkanes of at least 4 members (excludes halogenated alkanes) is 1. The molecular weight excluding hydrogens is 197 g/mol. The van der Waals surface area contributed by atoms with Crippen LogP contribution in [0.25, 0.3) is 0 Å². The first-order valence-corrected chi connectivity index (χ1v) is 5.93. The summed E-state index contributed by atoms with van der Waals surface area (Å²) in [6, 6.07) is 0.576. The van der Waals surface area contributed by atoms with Crippen LogP contribution in [0.2, 0.25) is 0 Å². The molecule has 0 aromatic carbocycles. The predicted molar refractivity (Wildman–Crippen MR) is 46.8 cm³/mol. The van der Waals surface area contributed by atoms with Gasteiger partial charge in [0.1, 0.15) is 0 Å². The normalized spacial score (nSPS) is 10.9. The van der Waals surface area contributed by atoms with Crippen molar-refractivity contribution in [2.75, 3.05) is 6.54 Å². The fraction of sp³-hybridized carbons (Fsp3) is 0.750. The molecule has 0 radical (unpaired) electrons. The van der Waals surface area contributed by atoms with Gasteiger partial charge in [-0.1, -0.05) is 0 Å². The van der Waals surface area contributed by atoms with E-state index in [0.29, 0.717) is 6.04 Å². The van der Waals surface area contributed by atoms with E-state index in [4.69, 9.17) is 6.42 Å². The van der Waals surface area contributed by atoms with Gasteiger partial charge in [0.2, 0.25) is 0 Å². The van der Waals surface area contributed by atoms with E-state index < -0.39 is 0 Å². The number of rotatable bonds is 5. The van der Waals surface area contributed by atoms with E-state index in [0.717, 1.165) is 26.4 Å². The SMILES string of the molecule is C#CCCCN([P]=[Fe])C(C)C. The van der Waals surface area contributed by atoms with E-state index in [-0.39, 0.29) is 0 Å². The molecule has 0 aromatic rings. The van der Waals surface area contributed by atoms with Crippen LogP contribution in [0.15, 0.2) is 0 Å². The summed E-state index contributed by atoms with van der Waals surface area (Å²) in [6.07, 6.45) is 7.10. The minimum absolute atomic E-state index is 0.576. The van der Waals surface area contributed by atoms with Crippen molar-refractivity contribution >= 4 is 6.98 Å². The molecule has 0 bridgehead atoms. The quantitative estimate of drug-likeness (QED) is 0.292. The Morgan fingerprint density at radius 2 is 2.27 bits per heavy atom. The van der Waals surface area contributed by atoms with Crippen molar-refractivity contribution < 1.29 is 15.1 Å². The predicted octanol–water partition coefficient (Wildman–Crippen LogP) is 2.43. The fourth-order valence-corrected chi connectivity index (χ4v) is 2.19. The van der Waals surface area contributed by atoms with Gasteiger partial charge in [0, 0.05) is 0 Å². The molecule has 0 aliphatic heterocycles. The van der Waals surface area contributed by atoms with Crippen molar-refractivity contribution in [3.05, 3.63) is 0 Å². The Labute approximate surface area is 78.7 Å².